The third-order valence-electron chi connectivity index (χ3n) is 5.87. The van der Waals surface area contributed by atoms with E-state index in [4.69, 9.17) is 9.47 Å². The average Bonchev–Trinajstić information content (AvgIpc) is 2.90. The van der Waals surface area contributed by atoms with Gasteiger partial charge >= 0.3 is 0 Å². The van der Waals surface area contributed by atoms with Gasteiger partial charge in [0.05, 0.1) is 36.4 Å². The predicted molar refractivity (Wildman–Crippen MR) is 142 cm³/mol. The van der Waals surface area contributed by atoms with Gasteiger partial charge in [-0.2, -0.15) is 0 Å². The highest BCUT2D eigenvalue weighted by Crippen LogP contribution is 2.27. The second-order valence-electron chi connectivity index (χ2n) is 8.58. The van der Waals surface area contributed by atoms with Crippen molar-refractivity contribution in [3.05, 3.63) is 84.4 Å². The maximum Gasteiger partial charge on any atom is 0.256 e. The Morgan fingerprint density at radius 3 is 2.16 bits per heavy atom. The van der Waals surface area contributed by atoms with E-state index >= 15 is 0 Å². The lowest BCUT2D eigenvalue weighted by atomic mass is 10.1. The van der Waals surface area contributed by atoms with Crippen molar-refractivity contribution in [3.8, 4) is 11.5 Å². The molecule has 0 bridgehead atoms. The molecule has 9 nitrogen and oxygen atoms in total. The Morgan fingerprint density at radius 1 is 0.919 bits per heavy atom. The minimum atomic E-state index is -3.83. The molecule has 1 aliphatic heterocycles. The van der Waals surface area contributed by atoms with Gasteiger partial charge in [-0.05, 0) is 55.5 Å². The van der Waals surface area contributed by atoms with Gasteiger partial charge in [-0.3, -0.25) is 13.9 Å². The molecule has 1 aliphatic rings. The molecular weight excluding hydrogens is 494 g/mol. The van der Waals surface area contributed by atoms with Crippen molar-refractivity contribution in [1.82, 2.24) is 4.90 Å². The summed E-state index contributed by atoms with van der Waals surface area (Å²) in [5, 5.41) is 2.75. The van der Waals surface area contributed by atoms with Gasteiger partial charge < -0.3 is 19.7 Å². The van der Waals surface area contributed by atoms with Crippen LogP contribution in [0.3, 0.4) is 0 Å². The zero-order chi connectivity index (χ0) is 26.4. The summed E-state index contributed by atoms with van der Waals surface area (Å²) in [5.74, 6) is 0.377. The minimum absolute atomic E-state index is 0.221. The molecule has 0 aromatic heterocycles. The molecule has 0 spiro atoms. The fraction of sp³-hybridized carbons (Fsp3) is 0.259. The van der Waals surface area contributed by atoms with E-state index in [0.717, 1.165) is 10.6 Å². The van der Waals surface area contributed by atoms with Crippen molar-refractivity contribution in [1.29, 1.82) is 0 Å². The van der Waals surface area contributed by atoms with Crippen molar-refractivity contribution >= 4 is 33.2 Å². The van der Waals surface area contributed by atoms with Gasteiger partial charge in [-0.15, -0.1) is 0 Å². The minimum Gasteiger partial charge on any atom is -0.457 e. The Labute approximate surface area is 216 Å². The van der Waals surface area contributed by atoms with Crippen LogP contribution in [0.1, 0.15) is 17.3 Å². The van der Waals surface area contributed by atoms with Gasteiger partial charge in [0.2, 0.25) is 15.9 Å². The number of carbonyl (C=O) groups excluding carboxylic acids is 2. The first kappa shape index (κ1) is 26.2. The number of benzene rings is 3. The van der Waals surface area contributed by atoms with Crippen LogP contribution in [-0.2, 0) is 19.6 Å². The smallest absolute Gasteiger partial charge is 0.256 e. The molecule has 1 fully saturated rings. The Morgan fingerprint density at radius 2 is 1.51 bits per heavy atom. The fourth-order valence-corrected chi connectivity index (χ4v) is 5.22. The standard InChI is InChI=1S/C27H29N3O6S/c1-20(26(31)28-25-11-7-6-10-24(25)27(32)29-16-18-35-19-17-29)30(37(2,33)34)21-12-14-23(15-13-21)36-22-8-4-3-5-9-22/h3-15,20H,16-19H2,1-2H3,(H,28,31)/t20-/m0/s1. The summed E-state index contributed by atoms with van der Waals surface area (Å²) in [6, 6.07) is 21.2. The number of hydrogen-bond acceptors (Lipinski definition) is 6. The van der Waals surface area contributed by atoms with Crippen molar-refractivity contribution < 1.29 is 27.5 Å². The van der Waals surface area contributed by atoms with Crippen molar-refractivity contribution in [2.45, 2.75) is 13.0 Å². The largest absolute Gasteiger partial charge is 0.457 e. The quantitative estimate of drug-likeness (QED) is 0.482. The predicted octanol–water partition coefficient (Wildman–Crippen LogP) is 3.74. The van der Waals surface area contributed by atoms with Gasteiger partial charge in [0.25, 0.3) is 5.91 Å². The highest BCUT2D eigenvalue weighted by Gasteiger charge is 2.30. The summed E-state index contributed by atoms with van der Waals surface area (Å²) in [6.07, 6.45) is 1.04. The van der Waals surface area contributed by atoms with E-state index in [-0.39, 0.29) is 5.91 Å². The lowest BCUT2D eigenvalue weighted by Crippen LogP contribution is -2.45. The number of ether oxygens (including phenoxy) is 2. The van der Waals surface area contributed by atoms with E-state index < -0.39 is 22.0 Å². The number of para-hydroxylation sites is 2. The number of carbonyl (C=O) groups is 2. The van der Waals surface area contributed by atoms with E-state index in [2.05, 4.69) is 5.32 Å². The van der Waals surface area contributed by atoms with E-state index in [9.17, 15) is 18.0 Å². The van der Waals surface area contributed by atoms with E-state index in [1.807, 2.05) is 30.3 Å². The normalized spacial score (nSPS) is 14.5. The maximum atomic E-state index is 13.2. The summed E-state index contributed by atoms with van der Waals surface area (Å²) in [6.45, 7) is 3.33. The molecule has 3 aromatic rings. The summed E-state index contributed by atoms with van der Waals surface area (Å²) in [4.78, 5) is 28.0. The number of nitrogens with zero attached hydrogens (tertiary/aromatic N) is 2. The van der Waals surface area contributed by atoms with E-state index in [0.29, 0.717) is 54.7 Å². The number of sulfonamides is 1. The van der Waals surface area contributed by atoms with Crippen LogP contribution < -0.4 is 14.4 Å². The van der Waals surface area contributed by atoms with Gasteiger partial charge in [0.1, 0.15) is 17.5 Å². The number of morpholine rings is 1. The molecular formula is C27H29N3O6S. The van der Waals surface area contributed by atoms with Gasteiger partial charge in [-0.1, -0.05) is 30.3 Å². The fourth-order valence-electron chi connectivity index (χ4n) is 4.05. The number of hydrogen-bond donors (Lipinski definition) is 1. The molecule has 0 aliphatic carbocycles. The molecule has 194 valence electrons. The van der Waals surface area contributed by atoms with Gasteiger partial charge in [-0.25, -0.2) is 8.42 Å². The molecule has 1 heterocycles. The molecule has 3 aromatic carbocycles. The maximum absolute atomic E-state index is 13.2. The van der Waals surface area contributed by atoms with Gasteiger partial charge in [0, 0.05) is 13.1 Å². The Hall–Kier alpha value is -3.89. The zero-order valence-electron chi connectivity index (χ0n) is 20.7. The molecule has 1 atom stereocenters. The summed E-state index contributed by atoms with van der Waals surface area (Å²) >= 11 is 0. The van der Waals surface area contributed by atoms with Crippen molar-refractivity contribution in [3.63, 3.8) is 0 Å². The molecule has 0 radical (unpaired) electrons. The summed E-state index contributed by atoms with van der Waals surface area (Å²) in [7, 11) is -3.83. The van der Waals surface area contributed by atoms with Gasteiger partial charge in [0.15, 0.2) is 0 Å². The lowest BCUT2D eigenvalue weighted by Gasteiger charge is -2.29. The average molecular weight is 524 g/mol. The second-order valence-corrected chi connectivity index (χ2v) is 10.4. The number of rotatable bonds is 8. The Kier molecular flexibility index (Phi) is 8.10. The topological polar surface area (TPSA) is 105 Å². The monoisotopic (exact) mass is 523 g/mol. The Bertz CT molecular complexity index is 1340. The molecule has 0 saturated carbocycles. The van der Waals surface area contributed by atoms with Crippen LogP contribution in [0.5, 0.6) is 11.5 Å². The molecule has 10 heteroatoms. The van der Waals surface area contributed by atoms with Crippen LogP contribution >= 0.6 is 0 Å². The molecule has 1 saturated heterocycles. The summed E-state index contributed by atoms with van der Waals surface area (Å²) < 4.78 is 37.6. The number of anilines is 2. The van der Waals surface area contributed by atoms with Crippen LogP contribution in [0.15, 0.2) is 78.9 Å². The van der Waals surface area contributed by atoms with Crippen LogP contribution in [0.4, 0.5) is 11.4 Å². The first-order valence-corrected chi connectivity index (χ1v) is 13.7. The molecule has 4 rings (SSSR count). The first-order valence-electron chi connectivity index (χ1n) is 11.8. The lowest BCUT2D eigenvalue weighted by molar-refractivity contribution is -0.116. The van der Waals surface area contributed by atoms with Crippen LogP contribution in [-0.4, -0.2) is 63.7 Å². The van der Waals surface area contributed by atoms with Crippen LogP contribution in [0.25, 0.3) is 0 Å². The first-order chi connectivity index (χ1) is 17.7. The second kappa shape index (κ2) is 11.4. The zero-order valence-corrected chi connectivity index (χ0v) is 21.5. The summed E-state index contributed by atoms with van der Waals surface area (Å²) in [5.41, 5.74) is 0.956. The molecule has 1 N–H and O–H groups in total. The molecule has 2 amide bonds. The number of nitrogens with one attached hydrogen (secondary N) is 1. The third-order valence-corrected chi connectivity index (χ3v) is 7.11. The van der Waals surface area contributed by atoms with E-state index in [1.165, 1.54) is 6.92 Å². The van der Waals surface area contributed by atoms with Crippen molar-refractivity contribution in [2.75, 3.05) is 42.2 Å². The van der Waals surface area contributed by atoms with Crippen LogP contribution in [0.2, 0.25) is 0 Å². The van der Waals surface area contributed by atoms with Crippen LogP contribution in [0, 0.1) is 0 Å². The third kappa shape index (κ3) is 6.46. The highest BCUT2D eigenvalue weighted by atomic mass is 32.2. The Balaban J connectivity index is 1.53. The SMILES string of the molecule is C[C@@H](C(=O)Nc1ccccc1C(=O)N1CCOCC1)N(c1ccc(Oc2ccccc2)cc1)S(C)(=O)=O. The highest BCUT2D eigenvalue weighted by molar-refractivity contribution is 7.92. The van der Waals surface area contributed by atoms with E-state index in [1.54, 1.807) is 53.4 Å². The number of amides is 2. The molecule has 37 heavy (non-hydrogen) atoms. The van der Waals surface area contributed by atoms with Crippen molar-refractivity contribution in [2.24, 2.45) is 0 Å². The molecule has 0 unspecified atom stereocenters.